The normalized spacial score (nSPS) is 17.2. The van der Waals surface area contributed by atoms with E-state index in [0.717, 1.165) is 68.3 Å². The Bertz CT molecular complexity index is 684. The Labute approximate surface area is 156 Å². The van der Waals surface area contributed by atoms with E-state index in [2.05, 4.69) is 33.2 Å². The maximum absolute atomic E-state index is 10.4. The molecule has 1 aliphatic heterocycles. The van der Waals surface area contributed by atoms with Crippen molar-refractivity contribution in [2.75, 3.05) is 31.5 Å². The van der Waals surface area contributed by atoms with E-state index >= 15 is 0 Å². The van der Waals surface area contributed by atoms with Gasteiger partial charge >= 0.3 is 0 Å². The first-order chi connectivity index (χ1) is 12.6. The number of nitrogens with one attached hydrogen (secondary N) is 1. The summed E-state index contributed by atoms with van der Waals surface area (Å²) in [4.78, 5) is 11.3. The molecule has 0 spiro atoms. The first kappa shape index (κ1) is 18.8. The van der Waals surface area contributed by atoms with Crippen LogP contribution in [0.4, 0.5) is 5.82 Å². The lowest BCUT2D eigenvalue weighted by Crippen LogP contribution is -2.38. The summed E-state index contributed by atoms with van der Waals surface area (Å²) in [5.74, 6) is 2.42. The largest absolute Gasteiger partial charge is 0.387 e. The molecule has 26 heavy (non-hydrogen) atoms. The molecular weight excluding hydrogens is 324 g/mol. The number of hydrogen-bond donors (Lipinski definition) is 2. The molecule has 1 atom stereocenters. The SMILES string of the molecule is CCc1cc(NCC2CCN(CC(O)c3ccccc3)CC2)nc(C)n1. The van der Waals surface area contributed by atoms with Crippen molar-refractivity contribution >= 4 is 5.82 Å². The molecule has 1 aliphatic rings. The Morgan fingerprint density at radius 1 is 1.19 bits per heavy atom. The summed E-state index contributed by atoms with van der Waals surface area (Å²) in [6, 6.07) is 12.0. The third-order valence-corrected chi connectivity index (χ3v) is 5.15. The number of likely N-dealkylation sites (tertiary alicyclic amines) is 1. The lowest BCUT2D eigenvalue weighted by atomic mass is 9.96. The Kier molecular flexibility index (Phi) is 6.58. The first-order valence-electron chi connectivity index (χ1n) is 9.68. The van der Waals surface area contributed by atoms with E-state index in [1.165, 1.54) is 0 Å². The van der Waals surface area contributed by atoms with Crippen LogP contribution in [0.1, 0.15) is 43.0 Å². The molecule has 0 bridgehead atoms. The molecule has 2 aromatic rings. The van der Waals surface area contributed by atoms with Crippen LogP contribution in [-0.2, 0) is 6.42 Å². The number of anilines is 1. The van der Waals surface area contributed by atoms with Crippen molar-refractivity contribution in [3.63, 3.8) is 0 Å². The lowest BCUT2D eigenvalue weighted by Gasteiger charge is -2.33. The quantitative estimate of drug-likeness (QED) is 0.799. The van der Waals surface area contributed by atoms with E-state index in [1.54, 1.807) is 0 Å². The van der Waals surface area contributed by atoms with E-state index < -0.39 is 6.10 Å². The number of benzene rings is 1. The fourth-order valence-corrected chi connectivity index (χ4v) is 3.55. The number of piperidine rings is 1. The molecular formula is C21H30N4O. The summed E-state index contributed by atoms with van der Waals surface area (Å²) in [7, 11) is 0. The topological polar surface area (TPSA) is 61.3 Å². The zero-order valence-electron chi connectivity index (χ0n) is 15.9. The summed E-state index contributed by atoms with van der Waals surface area (Å²) in [6.45, 7) is 7.81. The molecule has 1 unspecified atom stereocenters. The fourth-order valence-electron chi connectivity index (χ4n) is 3.55. The number of aryl methyl sites for hydroxylation is 2. The minimum absolute atomic E-state index is 0.401. The van der Waals surface area contributed by atoms with Gasteiger partial charge in [0, 0.05) is 24.8 Å². The summed E-state index contributed by atoms with van der Waals surface area (Å²) in [5, 5.41) is 13.9. The number of hydrogen-bond acceptors (Lipinski definition) is 5. The lowest BCUT2D eigenvalue weighted by molar-refractivity contribution is 0.0909. The standard InChI is InChI=1S/C21H30N4O/c1-3-19-13-21(24-16(2)23-19)22-14-17-9-11-25(12-10-17)15-20(26)18-7-5-4-6-8-18/h4-8,13,17,20,26H,3,9-12,14-15H2,1-2H3,(H,22,23,24). The van der Waals surface area contributed by atoms with Crippen molar-refractivity contribution in [2.24, 2.45) is 5.92 Å². The van der Waals surface area contributed by atoms with Gasteiger partial charge in [-0.1, -0.05) is 37.3 Å². The van der Waals surface area contributed by atoms with E-state index in [4.69, 9.17) is 0 Å². The van der Waals surface area contributed by atoms with Gasteiger partial charge in [-0.2, -0.15) is 0 Å². The molecule has 1 aromatic carbocycles. The second kappa shape index (κ2) is 9.10. The molecule has 0 aliphatic carbocycles. The summed E-state index contributed by atoms with van der Waals surface area (Å²) in [5.41, 5.74) is 2.09. The predicted octanol–water partition coefficient (Wildman–Crippen LogP) is 3.20. The number of nitrogens with zero attached hydrogens (tertiary/aromatic N) is 3. The van der Waals surface area contributed by atoms with Gasteiger partial charge in [0.05, 0.1) is 6.10 Å². The van der Waals surface area contributed by atoms with Crippen molar-refractivity contribution in [2.45, 2.75) is 39.2 Å². The Morgan fingerprint density at radius 3 is 2.62 bits per heavy atom. The molecule has 3 rings (SSSR count). The molecule has 2 N–H and O–H groups in total. The van der Waals surface area contributed by atoms with Crippen molar-refractivity contribution in [3.05, 3.63) is 53.5 Å². The summed E-state index contributed by atoms with van der Waals surface area (Å²) in [6.07, 6.45) is 2.83. The van der Waals surface area contributed by atoms with Crippen molar-refractivity contribution in [1.82, 2.24) is 14.9 Å². The third-order valence-electron chi connectivity index (χ3n) is 5.15. The van der Waals surface area contributed by atoms with E-state index in [1.807, 2.05) is 37.3 Å². The third kappa shape index (κ3) is 5.26. The van der Waals surface area contributed by atoms with Gasteiger partial charge < -0.3 is 15.3 Å². The van der Waals surface area contributed by atoms with Crippen LogP contribution in [0.2, 0.25) is 0 Å². The Morgan fingerprint density at radius 2 is 1.92 bits per heavy atom. The van der Waals surface area contributed by atoms with Crippen LogP contribution in [0.3, 0.4) is 0 Å². The highest BCUT2D eigenvalue weighted by molar-refractivity contribution is 5.36. The van der Waals surface area contributed by atoms with Gasteiger partial charge in [-0.3, -0.25) is 0 Å². The minimum Gasteiger partial charge on any atom is -0.387 e. The maximum atomic E-state index is 10.4. The zero-order chi connectivity index (χ0) is 18.4. The highest BCUT2D eigenvalue weighted by Gasteiger charge is 2.21. The van der Waals surface area contributed by atoms with Crippen LogP contribution in [0, 0.1) is 12.8 Å². The zero-order valence-corrected chi connectivity index (χ0v) is 15.9. The summed E-state index contributed by atoms with van der Waals surface area (Å²) >= 11 is 0. The smallest absolute Gasteiger partial charge is 0.129 e. The van der Waals surface area contributed by atoms with Gasteiger partial charge in [0.25, 0.3) is 0 Å². The first-order valence-corrected chi connectivity index (χ1v) is 9.68. The van der Waals surface area contributed by atoms with Crippen molar-refractivity contribution < 1.29 is 5.11 Å². The Hall–Kier alpha value is -1.98. The number of aliphatic hydroxyl groups excluding tert-OH is 1. The molecule has 0 amide bonds. The van der Waals surface area contributed by atoms with Gasteiger partial charge in [-0.05, 0) is 50.8 Å². The van der Waals surface area contributed by atoms with Crippen molar-refractivity contribution in [1.29, 1.82) is 0 Å². The molecule has 5 nitrogen and oxygen atoms in total. The number of aromatic nitrogens is 2. The molecule has 1 aromatic heterocycles. The second-order valence-corrected chi connectivity index (χ2v) is 7.20. The molecule has 1 saturated heterocycles. The predicted molar refractivity (Wildman–Crippen MR) is 105 cm³/mol. The van der Waals surface area contributed by atoms with E-state index in [-0.39, 0.29) is 0 Å². The van der Waals surface area contributed by atoms with E-state index in [9.17, 15) is 5.11 Å². The van der Waals surface area contributed by atoms with Gasteiger partial charge in [0.15, 0.2) is 0 Å². The molecule has 140 valence electrons. The van der Waals surface area contributed by atoms with Gasteiger partial charge in [0.1, 0.15) is 11.6 Å². The molecule has 0 radical (unpaired) electrons. The average molecular weight is 354 g/mol. The number of aliphatic hydroxyl groups is 1. The monoisotopic (exact) mass is 354 g/mol. The number of β-amino-alcohol motifs (C(OH)–C–C–N with tert-alkyl or cyclic N) is 1. The Balaban J connectivity index is 1.43. The minimum atomic E-state index is -0.401. The van der Waals surface area contributed by atoms with Crippen LogP contribution in [-0.4, -0.2) is 46.2 Å². The van der Waals surface area contributed by atoms with Gasteiger partial charge in [-0.25, -0.2) is 9.97 Å². The summed E-state index contributed by atoms with van der Waals surface area (Å²) < 4.78 is 0. The van der Waals surface area contributed by atoms with Crippen molar-refractivity contribution in [3.8, 4) is 0 Å². The van der Waals surface area contributed by atoms with Gasteiger partial charge in [-0.15, -0.1) is 0 Å². The second-order valence-electron chi connectivity index (χ2n) is 7.20. The van der Waals surface area contributed by atoms with Crippen LogP contribution < -0.4 is 5.32 Å². The highest BCUT2D eigenvalue weighted by atomic mass is 16.3. The van der Waals surface area contributed by atoms with Crippen LogP contribution in [0.15, 0.2) is 36.4 Å². The van der Waals surface area contributed by atoms with E-state index in [0.29, 0.717) is 5.92 Å². The van der Waals surface area contributed by atoms with Gasteiger partial charge in [0.2, 0.25) is 0 Å². The van der Waals surface area contributed by atoms with Crippen LogP contribution >= 0.6 is 0 Å². The molecule has 5 heteroatoms. The van der Waals surface area contributed by atoms with Crippen LogP contribution in [0.25, 0.3) is 0 Å². The molecule has 1 fully saturated rings. The molecule has 0 saturated carbocycles. The maximum Gasteiger partial charge on any atom is 0.129 e. The average Bonchev–Trinajstić information content (AvgIpc) is 2.67. The van der Waals surface area contributed by atoms with Crippen LogP contribution in [0.5, 0.6) is 0 Å². The highest BCUT2D eigenvalue weighted by Crippen LogP contribution is 2.21. The fraction of sp³-hybridized carbons (Fsp3) is 0.524. The number of rotatable bonds is 7. The molecule has 2 heterocycles.